The largest absolute Gasteiger partial charge is 0.462 e. The highest BCUT2D eigenvalue weighted by Gasteiger charge is 2.26. The molecule has 23 heavy (non-hydrogen) atoms. The summed E-state index contributed by atoms with van der Waals surface area (Å²) in [6.45, 7) is 7.24. The number of H-pyrrole nitrogens is 2. The second-order valence-corrected chi connectivity index (χ2v) is 6.28. The fraction of sp³-hybridized carbons (Fsp3) is 0.429. The number of carbonyl (C=O) groups excluding carboxylic acids is 2. The number of ether oxygens (including phenoxy) is 1. The quantitative estimate of drug-likeness (QED) is 0.417. The minimum Gasteiger partial charge on any atom is -0.462 e. The van der Waals surface area contributed by atoms with Gasteiger partial charge in [0.15, 0.2) is 5.78 Å². The maximum atomic E-state index is 12.6. The van der Waals surface area contributed by atoms with Crippen molar-refractivity contribution in [2.45, 2.75) is 38.1 Å². The Balaban J connectivity index is 2.22. The van der Waals surface area contributed by atoms with Gasteiger partial charge in [-0.25, -0.2) is 9.89 Å². The monoisotopic (exact) mass is 337 g/mol. The molecule has 1 atom stereocenters. The van der Waals surface area contributed by atoms with E-state index in [4.69, 9.17) is 10.5 Å². The first-order valence-electron chi connectivity index (χ1n) is 7.10. The van der Waals surface area contributed by atoms with E-state index < -0.39 is 11.2 Å². The zero-order valence-corrected chi connectivity index (χ0v) is 14.2. The molecule has 0 aliphatic carbocycles. The van der Waals surface area contributed by atoms with Gasteiger partial charge >= 0.3 is 5.97 Å². The molecule has 4 N–H and O–H groups in total. The number of nitrogen functional groups attached to an aromatic ring is 1. The summed E-state index contributed by atoms with van der Waals surface area (Å²) < 4.78 is 5.03. The lowest BCUT2D eigenvalue weighted by Gasteiger charge is -2.07. The lowest BCUT2D eigenvalue weighted by molar-refractivity contribution is 0.0525. The van der Waals surface area contributed by atoms with Crippen LogP contribution in [0.15, 0.2) is 5.16 Å². The topological polar surface area (TPSA) is 127 Å². The van der Waals surface area contributed by atoms with E-state index in [0.29, 0.717) is 27.7 Å². The summed E-state index contributed by atoms with van der Waals surface area (Å²) in [4.78, 5) is 31.6. The molecule has 0 aromatic carbocycles. The Morgan fingerprint density at radius 2 is 2.09 bits per heavy atom. The molecule has 0 radical (unpaired) electrons. The molecule has 0 spiro atoms. The van der Waals surface area contributed by atoms with Crippen LogP contribution in [-0.2, 0) is 4.74 Å². The van der Waals surface area contributed by atoms with Crippen LogP contribution < -0.4 is 5.73 Å². The smallest absolute Gasteiger partial charge is 0.340 e. The molecule has 8 nitrogen and oxygen atoms in total. The van der Waals surface area contributed by atoms with Crippen molar-refractivity contribution in [3.05, 3.63) is 22.5 Å². The number of hydrogen-bond acceptors (Lipinski definition) is 7. The first kappa shape index (κ1) is 17.1. The van der Waals surface area contributed by atoms with Gasteiger partial charge in [0.25, 0.3) is 0 Å². The van der Waals surface area contributed by atoms with E-state index in [1.54, 1.807) is 27.7 Å². The zero-order chi connectivity index (χ0) is 17.1. The van der Waals surface area contributed by atoms with Crippen molar-refractivity contribution in [3.63, 3.8) is 0 Å². The summed E-state index contributed by atoms with van der Waals surface area (Å²) in [5.74, 6) is -0.377. The Labute approximate surface area is 137 Å². The van der Waals surface area contributed by atoms with Crippen LogP contribution in [0, 0.1) is 13.8 Å². The zero-order valence-electron chi connectivity index (χ0n) is 13.4. The third kappa shape index (κ3) is 3.55. The Kier molecular flexibility index (Phi) is 5.09. The van der Waals surface area contributed by atoms with E-state index >= 15 is 0 Å². The number of aromatic nitrogens is 4. The SMILES string of the molecule is CCOC(=O)c1c(C)[nH]c(C(=O)[C@H](C)Sc2n[nH]c(N)n2)c1C. The maximum absolute atomic E-state index is 12.6. The van der Waals surface area contributed by atoms with Crippen LogP contribution in [-0.4, -0.2) is 43.8 Å². The molecular formula is C14H19N5O3S. The van der Waals surface area contributed by atoms with Crippen LogP contribution in [0.4, 0.5) is 5.95 Å². The number of nitrogens with two attached hydrogens (primary N) is 1. The number of anilines is 1. The molecule has 0 amide bonds. The molecule has 0 bridgehead atoms. The molecule has 0 unspecified atom stereocenters. The van der Waals surface area contributed by atoms with Crippen LogP contribution in [0.5, 0.6) is 0 Å². The second kappa shape index (κ2) is 6.86. The fourth-order valence-corrected chi connectivity index (χ4v) is 3.02. The lowest BCUT2D eigenvalue weighted by atomic mass is 10.1. The molecule has 0 aliphatic heterocycles. The van der Waals surface area contributed by atoms with E-state index in [2.05, 4.69) is 20.2 Å². The predicted molar refractivity (Wildman–Crippen MR) is 86.7 cm³/mol. The molecule has 2 heterocycles. The van der Waals surface area contributed by atoms with Gasteiger partial charge in [-0.2, -0.15) is 4.98 Å². The van der Waals surface area contributed by atoms with Crippen molar-refractivity contribution < 1.29 is 14.3 Å². The number of esters is 1. The maximum Gasteiger partial charge on any atom is 0.340 e. The highest BCUT2D eigenvalue weighted by Crippen LogP contribution is 2.26. The number of rotatable bonds is 6. The lowest BCUT2D eigenvalue weighted by Crippen LogP contribution is -2.16. The first-order chi connectivity index (χ1) is 10.8. The Hall–Kier alpha value is -2.29. The fourth-order valence-electron chi connectivity index (χ4n) is 2.23. The van der Waals surface area contributed by atoms with E-state index in [9.17, 15) is 9.59 Å². The van der Waals surface area contributed by atoms with E-state index in [-0.39, 0.29) is 18.3 Å². The van der Waals surface area contributed by atoms with Crippen LogP contribution in [0.25, 0.3) is 0 Å². The number of carbonyl (C=O) groups is 2. The van der Waals surface area contributed by atoms with Crippen molar-refractivity contribution in [2.24, 2.45) is 0 Å². The molecule has 2 aromatic heterocycles. The molecule has 0 aliphatic rings. The van der Waals surface area contributed by atoms with Gasteiger partial charge < -0.3 is 15.5 Å². The normalized spacial score (nSPS) is 12.2. The van der Waals surface area contributed by atoms with Crippen LogP contribution in [0.3, 0.4) is 0 Å². The van der Waals surface area contributed by atoms with Crippen molar-refractivity contribution >= 4 is 29.5 Å². The minimum atomic E-state index is -0.433. The minimum absolute atomic E-state index is 0.144. The van der Waals surface area contributed by atoms with Gasteiger partial charge in [0.05, 0.1) is 23.1 Å². The molecule has 0 fully saturated rings. The Morgan fingerprint density at radius 1 is 1.39 bits per heavy atom. The van der Waals surface area contributed by atoms with Crippen molar-refractivity contribution in [2.75, 3.05) is 12.3 Å². The average Bonchev–Trinajstić information content (AvgIpc) is 3.01. The van der Waals surface area contributed by atoms with Crippen LogP contribution in [0.1, 0.15) is 46.0 Å². The highest BCUT2D eigenvalue weighted by molar-refractivity contribution is 8.00. The van der Waals surface area contributed by atoms with Crippen molar-refractivity contribution in [1.29, 1.82) is 0 Å². The number of nitrogens with one attached hydrogen (secondary N) is 2. The Morgan fingerprint density at radius 3 is 2.65 bits per heavy atom. The number of aromatic amines is 2. The number of Topliss-reactive ketones (excluding diaryl/α,β-unsaturated/α-hetero) is 1. The molecule has 0 saturated heterocycles. The third-order valence-electron chi connectivity index (χ3n) is 3.30. The van der Waals surface area contributed by atoms with Crippen LogP contribution in [0.2, 0.25) is 0 Å². The molecular weight excluding hydrogens is 318 g/mol. The van der Waals surface area contributed by atoms with Gasteiger partial charge in [-0.1, -0.05) is 11.8 Å². The molecule has 2 rings (SSSR count). The second-order valence-electron chi connectivity index (χ2n) is 4.97. The predicted octanol–water partition coefficient (Wildman–Crippen LogP) is 1.87. The van der Waals surface area contributed by atoms with Crippen molar-refractivity contribution in [1.82, 2.24) is 20.2 Å². The summed E-state index contributed by atoms with van der Waals surface area (Å²) in [5, 5.41) is 6.38. The number of ketones is 1. The van der Waals surface area contributed by atoms with Gasteiger partial charge in [0.1, 0.15) is 0 Å². The summed E-state index contributed by atoms with van der Waals surface area (Å²) in [7, 11) is 0. The van der Waals surface area contributed by atoms with Crippen LogP contribution >= 0.6 is 11.8 Å². The van der Waals surface area contributed by atoms with Crippen molar-refractivity contribution in [3.8, 4) is 0 Å². The molecule has 124 valence electrons. The van der Waals surface area contributed by atoms with Gasteiger partial charge in [-0.05, 0) is 33.3 Å². The Bertz CT molecular complexity index is 737. The summed E-state index contributed by atoms with van der Waals surface area (Å²) in [5.41, 5.74) is 7.48. The summed E-state index contributed by atoms with van der Waals surface area (Å²) in [6, 6.07) is 0. The van der Waals surface area contributed by atoms with E-state index in [0.717, 1.165) is 0 Å². The van der Waals surface area contributed by atoms with E-state index in [1.165, 1.54) is 11.8 Å². The number of hydrogen-bond donors (Lipinski definition) is 3. The molecule has 9 heteroatoms. The number of thioether (sulfide) groups is 1. The number of nitrogens with zero attached hydrogens (tertiary/aromatic N) is 2. The molecule has 2 aromatic rings. The summed E-state index contributed by atoms with van der Waals surface area (Å²) in [6.07, 6.45) is 0. The van der Waals surface area contributed by atoms with Gasteiger partial charge in [0, 0.05) is 5.69 Å². The number of aryl methyl sites for hydroxylation is 1. The van der Waals surface area contributed by atoms with Gasteiger partial charge in [-0.3, -0.25) is 4.79 Å². The van der Waals surface area contributed by atoms with E-state index in [1.807, 2.05) is 0 Å². The first-order valence-corrected chi connectivity index (χ1v) is 7.98. The summed E-state index contributed by atoms with van der Waals surface area (Å²) >= 11 is 1.19. The van der Waals surface area contributed by atoms with Gasteiger partial charge in [0.2, 0.25) is 11.1 Å². The highest BCUT2D eigenvalue weighted by atomic mass is 32.2. The molecule has 0 saturated carbocycles. The standard InChI is InChI=1S/C14H19N5O3S/c1-5-22-12(21)9-6(2)10(16-7(9)3)11(20)8(4)23-14-17-13(15)18-19-14/h8,16H,5H2,1-4H3,(H3,15,17,18,19)/t8-/m0/s1. The average molecular weight is 337 g/mol. The third-order valence-corrected chi connectivity index (χ3v) is 4.26. The van der Waals surface area contributed by atoms with Gasteiger partial charge in [-0.15, -0.1) is 5.10 Å².